The molecule has 1 rings (SSSR count). The van der Waals surface area contributed by atoms with Crippen LogP contribution in [0, 0.1) is 17.5 Å². The summed E-state index contributed by atoms with van der Waals surface area (Å²) in [6.45, 7) is 5.36. The van der Waals surface area contributed by atoms with Gasteiger partial charge in [0.2, 0.25) is 0 Å². The molecule has 1 aromatic rings. The summed E-state index contributed by atoms with van der Waals surface area (Å²) in [7, 11) is 0. The van der Waals surface area contributed by atoms with E-state index in [1.54, 1.807) is 6.92 Å². The fourth-order valence-corrected chi connectivity index (χ4v) is 0.965. The molecule has 1 unspecified atom stereocenters. The normalized spacial score (nSPS) is 11.7. The lowest BCUT2D eigenvalue weighted by atomic mass is 10.0. The molecule has 0 bridgehead atoms. The summed E-state index contributed by atoms with van der Waals surface area (Å²) in [6.07, 6.45) is 0. The molecule has 1 N–H and O–H groups in total. The molecule has 15 heavy (non-hydrogen) atoms. The molecule has 1 atom stereocenters. The highest BCUT2D eigenvalue weighted by Gasteiger charge is 2.13. The van der Waals surface area contributed by atoms with Crippen LogP contribution in [0.4, 0.5) is 13.2 Å². The van der Waals surface area contributed by atoms with Gasteiger partial charge in [0.05, 0.1) is 0 Å². The van der Waals surface area contributed by atoms with E-state index in [-0.39, 0.29) is 12.2 Å². The van der Waals surface area contributed by atoms with Crippen molar-refractivity contribution in [2.45, 2.75) is 26.7 Å². The van der Waals surface area contributed by atoms with Crippen molar-refractivity contribution >= 4 is 0 Å². The zero-order valence-corrected chi connectivity index (χ0v) is 9.02. The fourth-order valence-electron chi connectivity index (χ4n) is 0.965. The predicted octanol–water partition coefficient (Wildman–Crippen LogP) is 3.23. The SMILES string of the molecule is CC.CC(CO)c1cc(F)c(F)c(F)c1. The molecule has 1 nitrogen and oxygen atoms in total. The van der Waals surface area contributed by atoms with Gasteiger partial charge < -0.3 is 5.11 Å². The van der Waals surface area contributed by atoms with Crippen LogP contribution in [-0.4, -0.2) is 11.7 Å². The van der Waals surface area contributed by atoms with E-state index in [0.717, 1.165) is 12.1 Å². The lowest BCUT2D eigenvalue weighted by Gasteiger charge is -2.08. The monoisotopic (exact) mass is 220 g/mol. The molecule has 0 saturated carbocycles. The number of aliphatic hydroxyl groups excluding tert-OH is 1. The Morgan fingerprint density at radius 1 is 1.13 bits per heavy atom. The standard InChI is InChI=1S/C9H9F3O.C2H6/c1-5(4-13)6-2-7(10)9(12)8(11)3-6;1-2/h2-3,5,13H,4H2,1H3;1-2H3. The molecule has 86 valence electrons. The first-order valence-electron chi connectivity index (χ1n) is 4.81. The Labute approximate surface area is 87.6 Å². The first kappa shape index (κ1) is 14.0. The van der Waals surface area contributed by atoms with Crippen molar-refractivity contribution in [3.8, 4) is 0 Å². The van der Waals surface area contributed by atoms with Crippen LogP contribution >= 0.6 is 0 Å². The second-order valence-corrected chi connectivity index (χ2v) is 2.88. The third-order valence-electron chi connectivity index (χ3n) is 1.85. The zero-order chi connectivity index (χ0) is 12.0. The fraction of sp³-hybridized carbons (Fsp3) is 0.455. The van der Waals surface area contributed by atoms with E-state index in [4.69, 9.17) is 5.11 Å². The average Bonchev–Trinajstić information content (AvgIpc) is 2.26. The van der Waals surface area contributed by atoms with Gasteiger partial charge in [-0.25, -0.2) is 13.2 Å². The van der Waals surface area contributed by atoms with E-state index in [0.29, 0.717) is 0 Å². The van der Waals surface area contributed by atoms with Crippen molar-refractivity contribution in [2.75, 3.05) is 6.61 Å². The van der Waals surface area contributed by atoms with Gasteiger partial charge in [-0.05, 0) is 17.7 Å². The topological polar surface area (TPSA) is 20.2 Å². The van der Waals surface area contributed by atoms with Gasteiger partial charge in [0.1, 0.15) is 0 Å². The maximum Gasteiger partial charge on any atom is 0.194 e. The quantitative estimate of drug-likeness (QED) is 0.759. The molecule has 0 amide bonds. The average molecular weight is 220 g/mol. The molecule has 0 heterocycles. The third kappa shape index (κ3) is 3.55. The summed E-state index contributed by atoms with van der Waals surface area (Å²) >= 11 is 0. The number of aliphatic hydroxyl groups is 1. The van der Waals surface area contributed by atoms with Crippen molar-refractivity contribution in [3.63, 3.8) is 0 Å². The van der Waals surface area contributed by atoms with Gasteiger partial charge in [-0.15, -0.1) is 0 Å². The molecule has 0 radical (unpaired) electrons. The van der Waals surface area contributed by atoms with Crippen LogP contribution < -0.4 is 0 Å². The van der Waals surface area contributed by atoms with E-state index in [1.165, 1.54) is 0 Å². The van der Waals surface area contributed by atoms with Gasteiger partial charge in [-0.1, -0.05) is 20.8 Å². The van der Waals surface area contributed by atoms with Gasteiger partial charge in [0.15, 0.2) is 17.5 Å². The second-order valence-electron chi connectivity index (χ2n) is 2.88. The molecule has 0 spiro atoms. The highest BCUT2D eigenvalue weighted by atomic mass is 19.2. The number of hydrogen-bond donors (Lipinski definition) is 1. The van der Waals surface area contributed by atoms with Crippen LogP contribution in [0.3, 0.4) is 0 Å². The van der Waals surface area contributed by atoms with Crippen LogP contribution in [-0.2, 0) is 0 Å². The first-order valence-corrected chi connectivity index (χ1v) is 4.81. The lowest BCUT2D eigenvalue weighted by Crippen LogP contribution is -2.02. The highest BCUT2D eigenvalue weighted by molar-refractivity contribution is 5.22. The number of hydrogen-bond acceptors (Lipinski definition) is 1. The number of rotatable bonds is 2. The Hall–Kier alpha value is -1.03. The molecule has 4 heteroatoms. The summed E-state index contributed by atoms with van der Waals surface area (Å²) in [5, 5.41) is 8.70. The molecule has 0 aliphatic rings. The summed E-state index contributed by atoms with van der Waals surface area (Å²) in [4.78, 5) is 0. The Kier molecular flexibility index (Phi) is 6.01. The lowest BCUT2D eigenvalue weighted by molar-refractivity contribution is 0.272. The van der Waals surface area contributed by atoms with Gasteiger partial charge in [-0.2, -0.15) is 0 Å². The van der Waals surface area contributed by atoms with Crippen LogP contribution in [0.15, 0.2) is 12.1 Å². The number of halogens is 3. The molecule has 0 saturated heterocycles. The number of benzene rings is 1. The Morgan fingerprint density at radius 3 is 1.87 bits per heavy atom. The smallest absolute Gasteiger partial charge is 0.194 e. The van der Waals surface area contributed by atoms with Crippen molar-refractivity contribution in [3.05, 3.63) is 35.1 Å². The summed E-state index contributed by atoms with van der Waals surface area (Å²) in [5.41, 5.74) is 0.249. The molecule has 0 aliphatic heterocycles. The van der Waals surface area contributed by atoms with Gasteiger partial charge in [-0.3, -0.25) is 0 Å². The summed E-state index contributed by atoms with van der Waals surface area (Å²) < 4.78 is 37.7. The minimum absolute atomic E-state index is 0.232. The van der Waals surface area contributed by atoms with E-state index < -0.39 is 23.4 Å². The van der Waals surface area contributed by atoms with Crippen LogP contribution in [0.1, 0.15) is 32.3 Å². The van der Waals surface area contributed by atoms with Crippen molar-refractivity contribution in [2.24, 2.45) is 0 Å². The molecular weight excluding hydrogens is 205 g/mol. The van der Waals surface area contributed by atoms with E-state index in [2.05, 4.69) is 0 Å². The first-order chi connectivity index (χ1) is 7.06. The summed E-state index contributed by atoms with van der Waals surface area (Å²) in [6, 6.07) is 1.78. The van der Waals surface area contributed by atoms with Crippen molar-refractivity contribution in [1.82, 2.24) is 0 Å². The molecule has 0 fully saturated rings. The van der Waals surface area contributed by atoms with Gasteiger partial charge in [0.25, 0.3) is 0 Å². The molecule has 1 aromatic carbocycles. The Balaban J connectivity index is 0.000000921. The minimum atomic E-state index is -1.48. The predicted molar refractivity (Wildman–Crippen MR) is 53.2 cm³/mol. The van der Waals surface area contributed by atoms with Crippen molar-refractivity contribution in [1.29, 1.82) is 0 Å². The molecule has 0 aromatic heterocycles. The maximum absolute atomic E-state index is 12.6. The van der Waals surface area contributed by atoms with E-state index >= 15 is 0 Å². The Morgan fingerprint density at radius 2 is 1.53 bits per heavy atom. The maximum atomic E-state index is 12.6. The minimum Gasteiger partial charge on any atom is -0.396 e. The summed E-state index contributed by atoms with van der Waals surface area (Å²) in [5.74, 6) is -4.33. The molecule has 0 aliphatic carbocycles. The van der Waals surface area contributed by atoms with Crippen molar-refractivity contribution < 1.29 is 18.3 Å². The van der Waals surface area contributed by atoms with E-state index in [1.807, 2.05) is 13.8 Å². The molecular formula is C11H15F3O. The largest absolute Gasteiger partial charge is 0.396 e. The van der Waals surface area contributed by atoms with E-state index in [9.17, 15) is 13.2 Å². The highest BCUT2D eigenvalue weighted by Crippen LogP contribution is 2.19. The van der Waals surface area contributed by atoms with Gasteiger partial charge >= 0.3 is 0 Å². The van der Waals surface area contributed by atoms with Crippen LogP contribution in [0.2, 0.25) is 0 Å². The third-order valence-corrected chi connectivity index (χ3v) is 1.85. The van der Waals surface area contributed by atoms with Crippen LogP contribution in [0.5, 0.6) is 0 Å². The second kappa shape index (κ2) is 6.45. The Bertz CT molecular complexity index is 290. The van der Waals surface area contributed by atoms with Crippen LogP contribution in [0.25, 0.3) is 0 Å². The zero-order valence-electron chi connectivity index (χ0n) is 9.02. The van der Waals surface area contributed by atoms with Gasteiger partial charge in [0, 0.05) is 12.5 Å².